The number of H-pyrrole nitrogens is 1. The molecule has 0 atom stereocenters. The van der Waals surface area contributed by atoms with Crippen LogP contribution in [-0.4, -0.2) is 36.8 Å². The van der Waals surface area contributed by atoms with Crippen LogP contribution >= 0.6 is 0 Å². The van der Waals surface area contributed by atoms with Crippen molar-refractivity contribution in [2.24, 2.45) is 0 Å². The van der Waals surface area contributed by atoms with Crippen LogP contribution in [0.25, 0.3) is 22.2 Å². The number of nitrogens with two attached hydrogens (primary N) is 1. The Hall–Kier alpha value is -3.92. The van der Waals surface area contributed by atoms with Crippen molar-refractivity contribution in [3.8, 4) is 11.1 Å². The van der Waals surface area contributed by atoms with E-state index in [-0.39, 0.29) is 24.1 Å². The van der Waals surface area contributed by atoms with Gasteiger partial charge in [0, 0.05) is 28.9 Å². The van der Waals surface area contributed by atoms with E-state index < -0.39 is 11.6 Å². The lowest BCUT2D eigenvalue weighted by Gasteiger charge is -2.21. The molecule has 1 aliphatic carbocycles. The Balaban J connectivity index is 1.28. The van der Waals surface area contributed by atoms with E-state index in [2.05, 4.69) is 19.9 Å². The van der Waals surface area contributed by atoms with Crippen LogP contribution in [0.5, 0.6) is 0 Å². The minimum absolute atomic E-state index is 0.113. The van der Waals surface area contributed by atoms with Crippen LogP contribution in [0.2, 0.25) is 0 Å². The van der Waals surface area contributed by atoms with E-state index in [4.69, 9.17) is 10.5 Å². The van der Waals surface area contributed by atoms with E-state index in [1.54, 1.807) is 23.1 Å². The lowest BCUT2D eigenvalue weighted by Crippen LogP contribution is -2.33. The number of pyridine rings is 3. The van der Waals surface area contributed by atoms with Crippen LogP contribution in [-0.2, 0) is 24.5 Å². The van der Waals surface area contributed by atoms with Gasteiger partial charge in [0.15, 0.2) is 11.6 Å². The maximum atomic E-state index is 14.0. The minimum atomic E-state index is -0.755. The molecule has 0 saturated heterocycles. The van der Waals surface area contributed by atoms with E-state index in [0.29, 0.717) is 41.5 Å². The van der Waals surface area contributed by atoms with Gasteiger partial charge in [-0.3, -0.25) is 14.8 Å². The predicted molar refractivity (Wildman–Crippen MR) is 119 cm³/mol. The number of anilines is 1. The number of hydrogen-bond donors (Lipinski definition) is 2. The smallest absolute Gasteiger partial charge is 0.270 e. The second kappa shape index (κ2) is 7.84. The van der Waals surface area contributed by atoms with Gasteiger partial charge in [-0.25, -0.2) is 13.8 Å². The Morgan fingerprint density at radius 1 is 1.15 bits per heavy atom. The highest BCUT2D eigenvalue weighted by atomic mass is 19.1. The standard InChI is InChI=1S/C24H20F2N6O2/c25-17-7-28-8-18(26)21(17)12-1-2-13(29-6-12)9-32(14-3-4-14)24(33)20-5-19-22(30-20)15-10-34-11-16(15)23(27)31-19/h1-2,5-8,14,30H,3-4,9-11H2,(H2,27,31). The van der Waals surface area contributed by atoms with Crippen molar-refractivity contribution in [1.29, 1.82) is 0 Å². The lowest BCUT2D eigenvalue weighted by molar-refractivity contribution is 0.0722. The number of aromatic amines is 1. The zero-order valence-corrected chi connectivity index (χ0v) is 18.0. The molecular formula is C24H20F2N6O2. The van der Waals surface area contributed by atoms with E-state index in [1.165, 1.54) is 6.20 Å². The first-order valence-corrected chi connectivity index (χ1v) is 10.9. The van der Waals surface area contributed by atoms with Gasteiger partial charge in [-0.05, 0) is 25.0 Å². The van der Waals surface area contributed by atoms with Crippen LogP contribution in [0.15, 0.2) is 36.8 Å². The molecule has 1 aliphatic heterocycles. The third-order valence-electron chi connectivity index (χ3n) is 6.28. The fraction of sp³-hybridized carbons (Fsp3) is 0.250. The normalized spacial score (nSPS) is 15.0. The first-order chi connectivity index (χ1) is 16.5. The Morgan fingerprint density at radius 3 is 2.62 bits per heavy atom. The number of carbonyl (C=O) groups is 1. The van der Waals surface area contributed by atoms with Gasteiger partial charge in [-0.2, -0.15) is 0 Å². The number of nitrogen functional groups attached to an aromatic ring is 1. The van der Waals surface area contributed by atoms with Crippen molar-refractivity contribution in [2.45, 2.75) is 38.6 Å². The summed E-state index contributed by atoms with van der Waals surface area (Å²) in [6.45, 7) is 1.11. The zero-order chi connectivity index (χ0) is 23.4. The molecule has 2 aliphatic rings. The third kappa shape index (κ3) is 3.47. The topological polar surface area (TPSA) is 110 Å². The van der Waals surface area contributed by atoms with Crippen molar-refractivity contribution in [2.75, 3.05) is 5.73 Å². The van der Waals surface area contributed by atoms with Gasteiger partial charge < -0.3 is 20.4 Å². The summed E-state index contributed by atoms with van der Waals surface area (Å²) in [6.07, 6.45) is 5.15. The van der Waals surface area contributed by atoms with Gasteiger partial charge in [0.05, 0.1) is 54.4 Å². The molecule has 4 aromatic heterocycles. The number of carbonyl (C=O) groups excluding carboxylic acids is 1. The van der Waals surface area contributed by atoms with Crippen LogP contribution in [0.4, 0.5) is 14.6 Å². The lowest BCUT2D eigenvalue weighted by atomic mass is 10.1. The Bertz CT molecular complexity index is 1410. The average molecular weight is 462 g/mol. The van der Waals surface area contributed by atoms with Crippen molar-refractivity contribution in [1.82, 2.24) is 24.8 Å². The number of hydrogen-bond acceptors (Lipinski definition) is 6. The quantitative estimate of drug-likeness (QED) is 0.468. The van der Waals surface area contributed by atoms with Crippen molar-refractivity contribution >= 4 is 22.8 Å². The minimum Gasteiger partial charge on any atom is -0.383 e. The largest absolute Gasteiger partial charge is 0.383 e. The number of aromatic nitrogens is 4. The number of amides is 1. The van der Waals surface area contributed by atoms with Crippen LogP contribution < -0.4 is 5.73 Å². The summed E-state index contributed by atoms with van der Waals surface area (Å²) in [5.41, 5.74) is 10.4. The van der Waals surface area contributed by atoms with Crippen LogP contribution in [0.3, 0.4) is 0 Å². The van der Waals surface area contributed by atoms with Crippen LogP contribution in [0.1, 0.15) is 40.2 Å². The fourth-order valence-corrected chi connectivity index (χ4v) is 4.39. The first kappa shape index (κ1) is 20.7. The maximum absolute atomic E-state index is 14.0. The maximum Gasteiger partial charge on any atom is 0.270 e. The predicted octanol–water partition coefficient (Wildman–Crippen LogP) is 3.72. The molecule has 0 unspecified atom stereocenters. The van der Waals surface area contributed by atoms with Gasteiger partial charge >= 0.3 is 0 Å². The molecule has 34 heavy (non-hydrogen) atoms. The highest BCUT2D eigenvalue weighted by Gasteiger charge is 2.34. The van der Waals surface area contributed by atoms with E-state index >= 15 is 0 Å². The SMILES string of the molecule is Nc1nc2cc(C(=O)N(Cc3ccc(-c4c(F)cncc4F)cn3)C3CC3)[nH]c2c2c1COC2. The molecule has 0 bridgehead atoms. The molecule has 5 heterocycles. The molecule has 8 nitrogen and oxygen atoms in total. The molecule has 1 fully saturated rings. The van der Waals surface area contributed by atoms with Crippen molar-refractivity contribution in [3.05, 3.63) is 70.9 Å². The molecule has 0 radical (unpaired) electrons. The summed E-state index contributed by atoms with van der Waals surface area (Å²) >= 11 is 0. The third-order valence-corrected chi connectivity index (χ3v) is 6.28. The molecule has 172 valence electrons. The molecule has 0 aromatic carbocycles. The Labute approximate surface area is 192 Å². The summed E-state index contributed by atoms with van der Waals surface area (Å²) in [5, 5.41) is 0. The number of nitrogens with one attached hydrogen (secondary N) is 1. The molecule has 1 saturated carbocycles. The molecule has 1 amide bonds. The second-order valence-corrected chi connectivity index (χ2v) is 8.57. The molecule has 10 heteroatoms. The number of fused-ring (bicyclic) bond motifs is 3. The number of rotatable bonds is 5. The highest BCUT2D eigenvalue weighted by molar-refractivity contribution is 5.98. The number of ether oxygens (including phenoxy) is 1. The molecular weight excluding hydrogens is 442 g/mol. The van der Waals surface area contributed by atoms with E-state index in [9.17, 15) is 13.6 Å². The second-order valence-electron chi connectivity index (χ2n) is 8.57. The fourth-order valence-electron chi connectivity index (χ4n) is 4.39. The summed E-state index contributed by atoms with van der Waals surface area (Å²) in [5.74, 6) is -1.25. The molecule has 3 N–H and O–H groups in total. The van der Waals surface area contributed by atoms with Crippen LogP contribution in [0, 0.1) is 11.6 Å². The van der Waals surface area contributed by atoms with Gasteiger partial charge in [0.2, 0.25) is 0 Å². The Kier molecular flexibility index (Phi) is 4.77. The molecule has 4 aromatic rings. The van der Waals surface area contributed by atoms with Gasteiger partial charge in [-0.15, -0.1) is 0 Å². The molecule has 6 rings (SSSR count). The highest BCUT2D eigenvalue weighted by Crippen LogP contribution is 2.33. The van der Waals surface area contributed by atoms with E-state index in [0.717, 1.165) is 41.9 Å². The monoisotopic (exact) mass is 462 g/mol. The number of halogens is 2. The van der Waals surface area contributed by atoms with Crippen molar-refractivity contribution < 1.29 is 18.3 Å². The van der Waals surface area contributed by atoms with Gasteiger partial charge in [0.25, 0.3) is 5.91 Å². The van der Waals surface area contributed by atoms with Crippen molar-refractivity contribution in [3.63, 3.8) is 0 Å². The zero-order valence-electron chi connectivity index (χ0n) is 18.0. The Morgan fingerprint density at radius 2 is 1.91 bits per heavy atom. The molecule has 0 spiro atoms. The summed E-state index contributed by atoms with van der Waals surface area (Å²) in [7, 11) is 0. The van der Waals surface area contributed by atoms with Gasteiger partial charge in [0.1, 0.15) is 11.5 Å². The average Bonchev–Trinajstić information content (AvgIpc) is 3.37. The first-order valence-electron chi connectivity index (χ1n) is 10.9. The summed E-state index contributed by atoms with van der Waals surface area (Å²) < 4.78 is 33.6. The number of nitrogens with zero attached hydrogens (tertiary/aromatic N) is 4. The summed E-state index contributed by atoms with van der Waals surface area (Å²) in [6, 6.07) is 5.10. The van der Waals surface area contributed by atoms with E-state index in [1.807, 2.05) is 0 Å². The van der Waals surface area contributed by atoms with Gasteiger partial charge in [-0.1, -0.05) is 6.07 Å². The summed E-state index contributed by atoms with van der Waals surface area (Å²) in [4.78, 5) is 30.7.